The van der Waals surface area contributed by atoms with Crippen LogP contribution in [0.15, 0.2) is 34.0 Å². The first-order valence-electron chi connectivity index (χ1n) is 9.92. The topological polar surface area (TPSA) is 96.7 Å². The second-order valence-electron chi connectivity index (χ2n) is 8.54. The largest absolute Gasteiger partial charge is 0.331 e. The molecule has 0 saturated carbocycles. The molecule has 5 rings (SSSR count). The van der Waals surface area contributed by atoms with E-state index in [0.29, 0.717) is 6.42 Å². The number of sulfonamides is 1. The number of thiophene rings is 1. The third-order valence-electron chi connectivity index (χ3n) is 5.95. The molecule has 2 aliphatic heterocycles. The number of carbonyl (C=O) groups excluding carboxylic acids is 1. The summed E-state index contributed by atoms with van der Waals surface area (Å²) < 4.78 is 30.2. The Morgan fingerprint density at radius 2 is 2.13 bits per heavy atom. The number of rotatable bonds is 4. The third kappa shape index (κ3) is 2.97. The molecule has 0 aliphatic carbocycles. The first-order chi connectivity index (χ1) is 14.2. The van der Waals surface area contributed by atoms with Crippen LogP contribution in [0.1, 0.15) is 49.7 Å². The molecule has 1 amide bonds. The highest BCUT2D eigenvalue weighted by Crippen LogP contribution is 2.44. The summed E-state index contributed by atoms with van der Waals surface area (Å²) >= 11 is 1.13. The highest BCUT2D eigenvalue weighted by Gasteiger charge is 2.48. The Bertz CT molecular complexity index is 1250. The third-order valence-corrected chi connectivity index (χ3v) is 9.00. The summed E-state index contributed by atoms with van der Waals surface area (Å²) in [6.45, 7) is 5.21. The molecule has 1 N–H and O–H groups in total. The summed E-state index contributed by atoms with van der Waals surface area (Å²) in [5.41, 5.74) is 2.56. The lowest BCUT2D eigenvalue weighted by Crippen LogP contribution is -2.58. The van der Waals surface area contributed by atoms with Gasteiger partial charge in [-0.1, -0.05) is 6.07 Å². The van der Waals surface area contributed by atoms with Gasteiger partial charge in [0.05, 0.1) is 17.4 Å². The highest BCUT2D eigenvalue weighted by molar-refractivity contribution is 7.91. The summed E-state index contributed by atoms with van der Waals surface area (Å²) in [4.78, 5) is 20.0. The Morgan fingerprint density at radius 3 is 2.87 bits per heavy atom. The summed E-state index contributed by atoms with van der Waals surface area (Å²) in [7, 11) is -3.76. The van der Waals surface area contributed by atoms with E-state index >= 15 is 0 Å². The quantitative estimate of drug-likeness (QED) is 0.665. The van der Waals surface area contributed by atoms with Gasteiger partial charge in [-0.3, -0.25) is 4.79 Å². The van der Waals surface area contributed by atoms with Crippen molar-refractivity contribution in [3.8, 4) is 0 Å². The molecule has 2 atom stereocenters. The molecule has 0 unspecified atom stereocenters. The number of fused-ring (bicyclic) bond motifs is 6. The number of nitrogens with zero attached hydrogens (tertiary/aromatic N) is 4. The fourth-order valence-electron chi connectivity index (χ4n) is 4.68. The summed E-state index contributed by atoms with van der Waals surface area (Å²) in [6.07, 6.45) is 4.25. The number of aryl methyl sites for hydroxylation is 1. The van der Waals surface area contributed by atoms with Crippen molar-refractivity contribution in [3.05, 3.63) is 46.7 Å². The lowest BCUT2D eigenvalue weighted by atomic mass is 9.95. The van der Waals surface area contributed by atoms with Gasteiger partial charge >= 0.3 is 0 Å². The molecule has 10 heteroatoms. The molecule has 158 valence electrons. The molecular weight excluding hydrogens is 422 g/mol. The Balaban J connectivity index is 1.48. The zero-order valence-electron chi connectivity index (χ0n) is 17.0. The molecule has 30 heavy (non-hydrogen) atoms. The number of amides is 1. The van der Waals surface area contributed by atoms with Gasteiger partial charge in [0.25, 0.3) is 10.0 Å². The summed E-state index contributed by atoms with van der Waals surface area (Å²) in [6, 6.07) is 5.08. The highest BCUT2D eigenvalue weighted by atomic mass is 32.2. The maximum atomic E-state index is 13.6. The lowest BCUT2D eigenvalue weighted by Gasteiger charge is -2.40. The predicted molar refractivity (Wildman–Crippen MR) is 113 cm³/mol. The van der Waals surface area contributed by atoms with Crippen LogP contribution in [-0.4, -0.2) is 45.4 Å². The molecular formula is C20H23N5O3S2. The van der Waals surface area contributed by atoms with Gasteiger partial charge in [-0.05, 0) is 45.1 Å². The first-order valence-corrected chi connectivity index (χ1v) is 12.3. The van der Waals surface area contributed by atoms with Crippen LogP contribution in [0.25, 0.3) is 5.65 Å². The van der Waals surface area contributed by atoms with Crippen LogP contribution in [0.2, 0.25) is 0 Å². The molecule has 2 bridgehead atoms. The molecule has 3 aromatic heterocycles. The van der Waals surface area contributed by atoms with Crippen molar-refractivity contribution in [1.29, 1.82) is 0 Å². The number of nitrogens with one attached hydrogen (secondary N) is 1. The number of hydrogen-bond donors (Lipinski definition) is 1. The predicted octanol–water partition coefficient (Wildman–Crippen LogP) is 2.44. The molecule has 0 radical (unpaired) electrons. The second kappa shape index (κ2) is 6.60. The Morgan fingerprint density at radius 1 is 1.33 bits per heavy atom. The fourth-order valence-corrected chi connectivity index (χ4v) is 7.04. The van der Waals surface area contributed by atoms with Gasteiger partial charge in [-0.25, -0.2) is 17.9 Å². The van der Waals surface area contributed by atoms with Crippen LogP contribution in [-0.2, 0) is 21.2 Å². The normalized spacial score (nSPS) is 21.2. The smallest absolute Gasteiger partial charge is 0.251 e. The van der Waals surface area contributed by atoms with E-state index in [1.807, 2.05) is 28.6 Å². The zero-order valence-corrected chi connectivity index (χ0v) is 18.6. The van der Waals surface area contributed by atoms with Crippen molar-refractivity contribution in [1.82, 2.24) is 24.2 Å². The van der Waals surface area contributed by atoms with E-state index in [4.69, 9.17) is 0 Å². The van der Waals surface area contributed by atoms with Crippen molar-refractivity contribution in [2.24, 2.45) is 0 Å². The van der Waals surface area contributed by atoms with E-state index in [-0.39, 0.29) is 22.2 Å². The maximum absolute atomic E-state index is 13.6. The van der Waals surface area contributed by atoms with Gasteiger partial charge in [0, 0.05) is 30.3 Å². The van der Waals surface area contributed by atoms with Crippen LogP contribution in [0.5, 0.6) is 0 Å². The number of carbonyl (C=O) groups is 1. The van der Waals surface area contributed by atoms with E-state index in [9.17, 15) is 13.2 Å². The first kappa shape index (κ1) is 19.7. The van der Waals surface area contributed by atoms with Crippen molar-refractivity contribution in [3.63, 3.8) is 0 Å². The Hall–Kier alpha value is -2.30. The van der Waals surface area contributed by atoms with E-state index < -0.39 is 15.6 Å². The maximum Gasteiger partial charge on any atom is 0.251 e. The number of hydrogen-bond acceptors (Lipinski definition) is 6. The minimum atomic E-state index is -3.76. The fraction of sp³-hybridized carbons (Fsp3) is 0.450. The van der Waals surface area contributed by atoms with Crippen LogP contribution >= 0.6 is 11.3 Å². The van der Waals surface area contributed by atoms with Crippen molar-refractivity contribution in [2.45, 2.75) is 61.9 Å². The van der Waals surface area contributed by atoms with Crippen LogP contribution < -0.4 is 4.72 Å². The van der Waals surface area contributed by atoms with Gasteiger partial charge in [-0.2, -0.15) is 9.82 Å². The van der Waals surface area contributed by atoms with E-state index in [1.165, 1.54) is 6.07 Å². The van der Waals surface area contributed by atoms with Gasteiger partial charge in [0.1, 0.15) is 9.75 Å². The summed E-state index contributed by atoms with van der Waals surface area (Å²) in [5.74, 6) is -0.211. The average molecular weight is 446 g/mol. The molecule has 3 aromatic rings. The monoisotopic (exact) mass is 445 g/mol. The van der Waals surface area contributed by atoms with Crippen molar-refractivity contribution >= 4 is 32.9 Å². The van der Waals surface area contributed by atoms with Crippen molar-refractivity contribution < 1.29 is 13.2 Å². The van der Waals surface area contributed by atoms with Gasteiger partial charge in [0.2, 0.25) is 5.91 Å². The zero-order chi connectivity index (χ0) is 21.3. The molecule has 1 fully saturated rings. The van der Waals surface area contributed by atoms with Gasteiger partial charge in [-0.15, -0.1) is 11.3 Å². The summed E-state index contributed by atoms with van der Waals surface area (Å²) in [5, 5.41) is 6.28. The molecule has 2 aliphatic rings. The molecule has 8 nitrogen and oxygen atoms in total. The van der Waals surface area contributed by atoms with Gasteiger partial charge in [0.15, 0.2) is 5.65 Å². The van der Waals surface area contributed by atoms with Crippen LogP contribution in [0.3, 0.4) is 0 Å². The van der Waals surface area contributed by atoms with Crippen LogP contribution in [0, 0.1) is 6.92 Å². The average Bonchev–Trinajstić information content (AvgIpc) is 3.38. The minimum Gasteiger partial charge on any atom is -0.331 e. The minimum absolute atomic E-state index is 0.0237. The number of aromatic nitrogens is 3. The Labute approximate surface area is 179 Å². The van der Waals surface area contributed by atoms with E-state index in [2.05, 4.69) is 14.8 Å². The van der Waals surface area contributed by atoms with Crippen LogP contribution in [0.4, 0.5) is 0 Å². The van der Waals surface area contributed by atoms with Crippen molar-refractivity contribution in [2.75, 3.05) is 0 Å². The SMILES string of the molecule is Cc1cc2ncc3c(n2n1)C[C@H]1CC[C@@H]3N1C(=O)C(C)(C)NS(=O)(=O)c1cccs1. The van der Waals surface area contributed by atoms with E-state index in [0.717, 1.165) is 46.8 Å². The molecule has 1 saturated heterocycles. The van der Waals surface area contributed by atoms with Gasteiger partial charge < -0.3 is 4.90 Å². The Kier molecular flexibility index (Phi) is 4.32. The molecule has 5 heterocycles. The second-order valence-corrected chi connectivity index (χ2v) is 11.4. The standard InChI is InChI=1S/C20H23N5O3S2/c1-12-9-17-21-11-14-15-7-6-13(10-16(14)25(17)22-12)24(15)19(26)20(2,3)23-30(27,28)18-5-4-8-29-18/h4-5,8-9,11,13,15,23H,6-7,10H2,1-3H3/t13-,15+/m1/s1. The molecule has 0 aromatic carbocycles. The van der Waals surface area contributed by atoms with E-state index in [1.54, 1.807) is 25.3 Å². The molecule has 0 spiro atoms. The lowest BCUT2D eigenvalue weighted by molar-refractivity contribution is -0.140.